The van der Waals surface area contributed by atoms with Crippen LogP contribution in [0.25, 0.3) is 22.1 Å². The molecular weight excluding hydrogens is 324 g/mol. The minimum absolute atomic E-state index is 0.485. The summed E-state index contributed by atoms with van der Waals surface area (Å²) in [5.74, 6) is 0. The summed E-state index contributed by atoms with van der Waals surface area (Å²) in [6.45, 7) is 6.11. The quantitative estimate of drug-likeness (QED) is 0.720. The summed E-state index contributed by atoms with van der Waals surface area (Å²) in [6.07, 6.45) is 1.12. The Kier molecular flexibility index (Phi) is 4.28. The fraction of sp³-hybridized carbons (Fsp3) is 0.294. The van der Waals surface area contributed by atoms with Gasteiger partial charge in [0, 0.05) is 18.8 Å². The second kappa shape index (κ2) is 6.24. The predicted molar refractivity (Wildman–Crippen MR) is 99.1 cm³/mol. The second-order valence-corrected chi connectivity index (χ2v) is 7.40. The molecule has 3 rings (SSSR count). The molecule has 0 aliphatic carbocycles. The van der Waals surface area contributed by atoms with Crippen LogP contribution in [0.3, 0.4) is 0 Å². The summed E-state index contributed by atoms with van der Waals surface area (Å²) < 4.78 is 25.2. The molecule has 3 aromatic rings. The van der Waals surface area contributed by atoms with Crippen LogP contribution in [0.1, 0.15) is 13.8 Å². The fourth-order valence-corrected chi connectivity index (χ4v) is 3.28. The SMILES string of the molecule is CCN(CC)c1ccc2nc3cc(NS(C)(=O)=O)ccc3nc2c1. The van der Waals surface area contributed by atoms with E-state index in [1.165, 1.54) is 0 Å². The van der Waals surface area contributed by atoms with E-state index in [-0.39, 0.29) is 0 Å². The predicted octanol–water partition coefficient (Wildman–Crippen LogP) is 3.00. The Balaban J connectivity index is 2.09. The number of anilines is 2. The molecule has 7 heteroatoms. The Morgan fingerprint density at radius 2 is 1.50 bits per heavy atom. The lowest BCUT2D eigenvalue weighted by atomic mass is 10.2. The number of fused-ring (bicyclic) bond motifs is 2. The maximum absolute atomic E-state index is 11.4. The molecular formula is C17H20N4O2S. The number of aromatic nitrogens is 2. The summed E-state index contributed by atoms with van der Waals surface area (Å²) in [7, 11) is -3.31. The number of nitrogens with one attached hydrogen (secondary N) is 1. The maximum Gasteiger partial charge on any atom is 0.229 e. The maximum atomic E-state index is 11.4. The molecule has 0 spiro atoms. The van der Waals surface area contributed by atoms with Gasteiger partial charge in [0.05, 0.1) is 34.0 Å². The van der Waals surface area contributed by atoms with Crippen molar-refractivity contribution in [2.75, 3.05) is 29.0 Å². The van der Waals surface area contributed by atoms with Gasteiger partial charge in [-0.3, -0.25) is 4.72 Å². The average molecular weight is 344 g/mol. The fourth-order valence-electron chi connectivity index (χ4n) is 2.73. The van der Waals surface area contributed by atoms with Crippen LogP contribution in [-0.2, 0) is 10.0 Å². The van der Waals surface area contributed by atoms with Crippen LogP contribution < -0.4 is 9.62 Å². The Labute approximate surface area is 141 Å². The lowest BCUT2D eigenvalue weighted by molar-refractivity contribution is 0.607. The zero-order valence-electron chi connectivity index (χ0n) is 13.9. The number of rotatable bonds is 5. The Bertz CT molecular complexity index is 998. The first-order valence-electron chi connectivity index (χ1n) is 7.84. The molecule has 1 N–H and O–H groups in total. The van der Waals surface area contributed by atoms with Crippen molar-refractivity contribution in [3.8, 4) is 0 Å². The molecule has 126 valence electrons. The summed E-state index contributed by atoms with van der Waals surface area (Å²) in [5, 5.41) is 0. The van der Waals surface area contributed by atoms with Crippen molar-refractivity contribution in [1.29, 1.82) is 0 Å². The van der Waals surface area contributed by atoms with Crippen molar-refractivity contribution < 1.29 is 8.42 Å². The molecule has 0 amide bonds. The molecule has 1 aromatic heterocycles. The minimum atomic E-state index is -3.31. The number of benzene rings is 2. The van der Waals surface area contributed by atoms with E-state index in [2.05, 4.69) is 33.4 Å². The van der Waals surface area contributed by atoms with Gasteiger partial charge in [-0.1, -0.05) is 0 Å². The topological polar surface area (TPSA) is 75.2 Å². The molecule has 0 bridgehead atoms. The van der Waals surface area contributed by atoms with Crippen LogP contribution in [0.4, 0.5) is 11.4 Å². The zero-order valence-corrected chi connectivity index (χ0v) is 14.8. The van der Waals surface area contributed by atoms with Crippen molar-refractivity contribution in [1.82, 2.24) is 9.97 Å². The van der Waals surface area contributed by atoms with Crippen LogP contribution in [0.2, 0.25) is 0 Å². The van der Waals surface area contributed by atoms with E-state index in [4.69, 9.17) is 0 Å². The van der Waals surface area contributed by atoms with Gasteiger partial charge in [0.2, 0.25) is 10.0 Å². The van der Waals surface area contributed by atoms with Crippen LogP contribution in [-0.4, -0.2) is 37.7 Å². The Hall–Kier alpha value is -2.41. The van der Waals surface area contributed by atoms with Crippen molar-refractivity contribution in [2.45, 2.75) is 13.8 Å². The van der Waals surface area contributed by atoms with Crippen LogP contribution in [0.5, 0.6) is 0 Å². The summed E-state index contributed by atoms with van der Waals surface area (Å²) in [4.78, 5) is 11.5. The van der Waals surface area contributed by atoms with E-state index in [1.54, 1.807) is 18.2 Å². The highest BCUT2D eigenvalue weighted by molar-refractivity contribution is 7.92. The van der Waals surface area contributed by atoms with Gasteiger partial charge < -0.3 is 4.90 Å². The van der Waals surface area contributed by atoms with Gasteiger partial charge in [0.25, 0.3) is 0 Å². The molecule has 0 saturated heterocycles. The van der Waals surface area contributed by atoms with E-state index in [0.29, 0.717) is 11.2 Å². The molecule has 6 nitrogen and oxygen atoms in total. The normalized spacial score (nSPS) is 11.8. The molecule has 0 aliphatic rings. The Morgan fingerprint density at radius 3 is 2.08 bits per heavy atom. The highest BCUT2D eigenvalue weighted by atomic mass is 32.2. The molecule has 0 saturated carbocycles. The highest BCUT2D eigenvalue weighted by Crippen LogP contribution is 2.24. The number of sulfonamides is 1. The lowest BCUT2D eigenvalue weighted by Gasteiger charge is -2.21. The summed E-state index contributed by atoms with van der Waals surface area (Å²) >= 11 is 0. The van der Waals surface area contributed by atoms with E-state index in [9.17, 15) is 8.42 Å². The minimum Gasteiger partial charge on any atom is -0.372 e. The van der Waals surface area contributed by atoms with Gasteiger partial charge in [-0.05, 0) is 50.2 Å². The third-order valence-corrected chi connectivity index (χ3v) is 4.45. The van der Waals surface area contributed by atoms with Crippen LogP contribution >= 0.6 is 0 Å². The smallest absolute Gasteiger partial charge is 0.229 e. The number of nitrogens with zero attached hydrogens (tertiary/aromatic N) is 3. The van der Waals surface area contributed by atoms with Crippen molar-refractivity contribution in [3.05, 3.63) is 36.4 Å². The second-order valence-electron chi connectivity index (χ2n) is 5.65. The first kappa shape index (κ1) is 16.4. The first-order chi connectivity index (χ1) is 11.4. The lowest BCUT2D eigenvalue weighted by Crippen LogP contribution is -2.21. The molecule has 0 fully saturated rings. The summed E-state index contributed by atoms with van der Waals surface area (Å²) in [6, 6.07) is 11.2. The molecule has 2 aromatic carbocycles. The number of hydrogen-bond donors (Lipinski definition) is 1. The largest absolute Gasteiger partial charge is 0.372 e. The third kappa shape index (κ3) is 3.41. The third-order valence-electron chi connectivity index (χ3n) is 3.85. The van der Waals surface area contributed by atoms with Gasteiger partial charge in [-0.15, -0.1) is 0 Å². The molecule has 0 aliphatic heterocycles. The molecule has 0 radical (unpaired) electrons. The standard InChI is InChI=1S/C17H20N4O2S/c1-4-21(5-2)13-7-9-15-17(11-13)19-14-8-6-12(10-16(14)18-15)20-24(3,22)23/h6-11,20H,4-5H2,1-3H3. The monoisotopic (exact) mass is 344 g/mol. The number of hydrogen-bond acceptors (Lipinski definition) is 5. The van der Waals surface area contributed by atoms with Gasteiger partial charge in [-0.25, -0.2) is 18.4 Å². The van der Waals surface area contributed by atoms with Crippen molar-refractivity contribution in [3.63, 3.8) is 0 Å². The Morgan fingerprint density at radius 1 is 0.917 bits per heavy atom. The van der Waals surface area contributed by atoms with Gasteiger partial charge in [-0.2, -0.15) is 0 Å². The van der Waals surface area contributed by atoms with Crippen LogP contribution in [0, 0.1) is 0 Å². The average Bonchev–Trinajstić information content (AvgIpc) is 2.52. The van der Waals surface area contributed by atoms with Crippen LogP contribution in [0.15, 0.2) is 36.4 Å². The first-order valence-corrected chi connectivity index (χ1v) is 9.73. The molecule has 24 heavy (non-hydrogen) atoms. The van der Waals surface area contributed by atoms with E-state index in [0.717, 1.165) is 41.6 Å². The molecule has 0 atom stereocenters. The zero-order chi connectivity index (χ0) is 17.3. The van der Waals surface area contributed by atoms with Crippen molar-refractivity contribution in [2.24, 2.45) is 0 Å². The van der Waals surface area contributed by atoms with Gasteiger partial charge >= 0.3 is 0 Å². The van der Waals surface area contributed by atoms with E-state index >= 15 is 0 Å². The highest BCUT2D eigenvalue weighted by Gasteiger charge is 2.08. The van der Waals surface area contributed by atoms with Crippen molar-refractivity contribution >= 4 is 43.5 Å². The summed E-state index contributed by atoms with van der Waals surface area (Å²) in [5.41, 5.74) is 4.62. The molecule has 1 heterocycles. The van der Waals surface area contributed by atoms with Gasteiger partial charge in [0.15, 0.2) is 0 Å². The van der Waals surface area contributed by atoms with Gasteiger partial charge in [0.1, 0.15) is 0 Å². The van der Waals surface area contributed by atoms with E-state index < -0.39 is 10.0 Å². The molecule has 0 unspecified atom stereocenters. The van der Waals surface area contributed by atoms with E-state index in [1.807, 2.05) is 18.2 Å².